The Balaban J connectivity index is 1.59. The largest absolute Gasteiger partial charge is 0.357 e. The van der Waals surface area contributed by atoms with E-state index in [0.29, 0.717) is 10.9 Å². The first kappa shape index (κ1) is 17.8. The first-order chi connectivity index (χ1) is 12.6. The number of thioether (sulfide) groups is 1. The summed E-state index contributed by atoms with van der Waals surface area (Å²) in [5, 5.41) is 0.713. The lowest BCUT2D eigenvalue weighted by Crippen LogP contribution is -2.42. The van der Waals surface area contributed by atoms with Crippen LogP contribution in [0.25, 0.3) is 5.69 Å². The molecule has 8 heteroatoms. The quantitative estimate of drug-likeness (QED) is 0.476. The van der Waals surface area contributed by atoms with E-state index in [2.05, 4.69) is 40.7 Å². The Hall–Kier alpha value is -3.00. The second-order valence-corrected chi connectivity index (χ2v) is 6.62. The Morgan fingerprint density at radius 3 is 2.81 bits per heavy atom. The van der Waals surface area contributed by atoms with E-state index in [4.69, 9.17) is 0 Å². The highest BCUT2D eigenvalue weighted by Crippen LogP contribution is 2.24. The molecule has 2 amide bonds. The van der Waals surface area contributed by atoms with Crippen LogP contribution in [0.15, 0.2) is 54.1 Å². The van der Waals surface area contributed by atoms with Gasteiger partial charge in [-0.3, -0.25) is 25.0 Å². The molecule has 26 heavy (non-hydrogen) atoms. The maximum atomic E-state index is 12.0. The number of hydrazine groups is 1. The van der Waals surface area contributed by atoms with E-state index in [1.165, 1.54) is 17.3 Å². The van der Waals surface area contributed by atoms with E-state index >= 15 is 0 Å². The van der Waals surface area contributed by atoms with E-state index in [1.807, 2.05) is 22.9 Å². The standard InChI is InChI=1S/C18H19N5O2S/c1-12-5-3-7-15(13(12)2)23-10-9-20-18(23)26-11-16(24)21-22-17(25)14-6-4-8-19-14/h3-10,19H,11H2,1-2H3,(H,21,24)(H,22,25). The molecule has 0 aliphatic rings. The topological polar surface area (TPSA) is 91.8 Å². The van der Waals surface area contributed by atoms with Gasteiger partial charge in [0.2, 0.25) is 5.91 Å². The number of amides is 2. The predicted molar refractivity (Wildman–Crippen MR) is 100 cm³/mol. The van der Waals surface area contributed by atoms with Gasteiger partial charge in [-0.05, 0) is 43.2 Å². The van der Waals surface area contributed by atoms with Crippen LogP contribution < -0.4 is 10.9 Å². The number of nitrogens with zero attached hydrogens (tertiary/aromatic N) is 2. The Labute approximate surface area is 155 Å². The van der Waals surface area contributed by atoms with Crippen LogP contribution in [0.4, 0.5) is 0 Å². The Morgan fingerprint density at radius 1 is 1.19 bits per heavy atom. The molecule has 0 radical (unpaired) electrons. The fourth-order valence-corrected chi connectivity index (χ4v) is 3.17. The number of benzene rings is 1. The summed E-state index contributed by atoms with van der Waals surface area (Å²) in [7, 11) is 0. The lowest BCUT2D eigenvalue weighted by molar-refractivity contribution is -0.119. The molecule has 0 bridgehead atoms. The zero-order chi connectivity index (χ0) is 18.5. The van der Waals surface area contributed by atoms with Crippen molar-refractivity contribution in [3.05, 3.63) is 65.7 Å². The van der Waals surface area contributed by atoms with Crippen LogP contribution in [-0.2, 0) is 4.79 Å². The molecule has 0 saturated carbocycles. The second-order valence-electron chi connectivity index (χ2n) is 5.67. The molecule has 0 saturated heterocycles. The summed E-state index contributed by atoms with van der Waals surface area (Å²) in [5.74, 6) is -0.581. The minimum absolute atomic E-state index is 0.132. The molecule has 2 heterocycles. The van der Waals surface area contributed by atoms with Crippen LogP contribution in [0.3, 0.4) is 0 Å². The average Bonchev–Trinajstić information content (AvgIpc) is 3.32. The van der Waals surface area contributed by atoms with Crippen molar-refractivity contribution in [2.24, 2.45) is 0 Å². The van der Waals surface area contributed by atoms with Gasteiger partial charge < -0.3 is 4.98 Å². The molecule has 3 N–H and O–H groups in total. The molecule has 0 spiro atoms. The molecular formula is C18H19N5O2S. The van der Waals surface area contributed by atoms with Gasteiger partial charge in [-0.15, -0.1) is 0 Å². The molecule has 3 rings (SSSR count). The van der Waals surface area contributed by atoms with Crippen LogP contribution in [0, 0.1) is 13.8 Å². The van der Waals surface area contributed by atoms with Crippen molar-refractivity contribution < 1.29 is 9.59 Å². The summed E-state index contributed by atoms with van der Waals surface area (Å²) in [6.07, 6.45) is 5.21. The summed E-state index contributed by atoms with van der Waals surface area (Å²) in [6, 6.07) is 9.40. The molecule has 0 aliphatic carbocycles. The van der Waals surface area contributed by atoms with Gasteiger partial charge in [0.05, 0.1) is 11.4 Å². The summed E-state index contributed by atoms with van der Waals surface area (Å²) in [5.41, 5.74) is 8.53. The van der Waals surface area contributed by atoms with Gasteiger partial charge in [0, 0.05) is 18.6 Å². The van der Waals surface area contributed by atoms with E-state index in [9.17, 15) is 9.59 Å². The molecule has 0 aliphatic heterocycles. The van der Waals surface area contributed by atoms with Crippen molar-refractivity contribution >= 4 is 23.6 Å². The summed E-state index contributed by atoms with van der Waals surface area (Å²) in [4.78, 5) is 30.9. The highest BCUT2D eigenvalue weighted by molar-refractivity contribution is 7.99. The van der Waals surface area contributed by atoms with Crippen LogP contribution in [-0.4, -0.2) is 32.1 Å². The van der Waals surface area contributed by atoms with Crippen LogP contribution in [0.1, 0.15) is 21.6 Å². The summed E-state index contributed by atoms with van der Waals surface area (Å²) in [6.45, 7) is 4.12. The Morgan fingerprint density at radius 2 is 2.04 bits per heavy atom. The normalized spacial score (nSPS) is 10.5. The van der Waals surface area contributed by atoms with Crippen molar-refractivity contribution in [2.45, 2.75) is 19.0 Å². The number of carbonyl (C=O) groups is 2. The first-order valence-corrected chi connectivity index (χ1v) is 9.00. The van der Waals surface area contributed by atoms with Gasteiger partial charge in [0.25, 0.3) is 5.91 Å². The van der Waals surface area contributed by atoms with Crippen molar-refractivity contribution in [3.63, 3.8) is 0 Å². The highest BCUT2D eigenvalue weighted by Gasteiger charge is 2.12. The number of nitrogens with one attached hydrogen (secondary N) is 3. The predicted octanol–water partition coefficient (Wildman–Crippen LogP) is 2.37. The van der Waals surface area contributed by atoms with Crippen molar-refractivity contribution in [3.8, 4) is 5.69 Å². The fourth-order valence-electron chi connectivity index (χ4n) is 2.41. The maximum absolute atomic E-state index is 12.0. The van der Waals surface area contributed by atoms with E-state index in [0.717, 1.165) is 11.3 Å². The van der Waals surface area contributed by atoms with Crippen LogP contribution in [0.2, 0.25) is 0 Å². The van der Waals surface area contributed by atoms with Crippen molar-refractivity contribution in [1.82, 2.24) is 25.4 Å². The van der Waals surface area contributed by atoms with E-state index in [1.54, 1.807) is 24.5 Å². The van der Waals surface area contributed by atoms with E-state index < -0.39 is 5.91 Å². The highest BCUT2D eigenvalue weighted by atomic mass is 32.2. The van der Waals surface area contributed by atoms with Gasteiger partial charge in [-0.2, -0.15) is 0 Å². The molecular weight excluding hydrogens is 350 g/mol. The monoisotopic (exact) mass is 369 g/mol. The zero-order valence-corrected chi connectivity index (χ0v) is 15.3. The maximum Gasteiger partial charge on any atom is 0.286 e. The number of imidazole rings is 1. The van der Waals surface area contributed by atoms with Gasteiger partial charge in [-0.1, -0.05) is 23.9 Å². The Kier molecular flexibility index (Phi) is 5.43. The number of aromatic amines is 1. The minimum atomic E-state index is -0.398. The third-order valence-corrected chi connectivity index (χ3v) is 4.90. The molecule has 2 aromatic heterocycles. The molecule has 0 unspecified atom stereocenters. The lowest BCUT2D eigenvalue weighted by atomic mass is 10.1. The van der Waals surface area contributed by atoms with E-state index in [-0.39, 0.29) is 11.7 Å². The first-order valence-electron chi connectivity index (χ1n) is 8.01. The molecule has 7 nitrogen and oxygen atoms in total. The van der Waals surface area contributed by atoms with Gasteiger partial charge in [-0.25, -0.2) is 4.98 Å². The minimum Gasteiger partial charge on any atom is -0.357 e. The number of aryl methyl sites for hydroxylation is 1. The van der Waals surface area contributed by atoms with Crippen LogP contribution in [0.5, 0.6) is 0 Å². The summed E-state index contributed by atoms with van der Waals surface area (Å²) >= 11 is 1.30. The molecule has 3 aromatic rings. The third kappa shape index (κ3) is 3.97. The van der Waals surface area contributed by atoms with Crippen molar-refractivity contribution in [2.75, 3.05) is 5.75 Å². The lowest BCUT2D eigenvalue weighted by Gasteiger charge is -2.12. The molecule has 0 atom stereocenters. The van der Waals surface area contributed by atoms with Crippen molar-refractivity contribution in [1.29, 1.82) is 0 Å². The molecule has 0 fully saturated rings. The Bertz CT molecular complexity index is 918. The van der Waals surface area contributed by atoms with Gasteiger partial charge in [0.15, 0.2) is 5.16 Å². The number of carbonyl (C=O) groups excluding carboxylic acids is 2. The average molecular weight is 369 g/mol. The number of rotatable bonds is 5. The second kappa shape index (κ2) is 7.92. The van der Waals surface area contributed by atoms with Crippen LogP contribution >= 0.6 is 11.8 Å². The number of hydrogen-bond acceptors (Lipinski definition) is 4. The SMILES string of the molecule is Cc1cccc(-n2ccnc2SCC(=O)NNC(=O)c2ccc[nH]2)c1C. The summed E-state index contributed by atoms with van der Waals surface area (Å²) < 4.78 is 1.96. The number of hydrogen-bond donors (Lipinski definition) is 3. The number of H-pyrrole nitrogens is 1. The molecule has 134 valence electrons. The molecule has 1 aromatic carbocycles. The third-order valence-electron chi connectivity index (χ3n) is 3.93. The van der Waals surface area contributed by atoms with Gasteiger partial charge >= 0.3 is 0 Å². The smallest absolute Gasteiger partial charge is 0.286 e. The zero-order valence-electron chi connectivity index (χ0n) is 14.4. The number of aromatic nitrogens is 3. The van der Waals surface area contributed by atoms with Gasteiger partial charge in [0.1, 0.15) is 5.69 Å². The fraction of sp³-hybridized carbons (Fsp3) is 0.167.